The molecule has 3 rings (SSSR count). The molecule has 0 amide bonds. The second-order valence-corrected chi connectivity index (χ2v) is 5.77. The molecule has 1 atom stereocenters. The molecule has 6 heteroatoms. The molecule has 24 heavy (non-hydrogen) atoms. The van der Waals surface area contributed by atoms with Gasteiger partial charge in [-0.15, -0.1) is 0 Å². The number of hydrogen-bond acceptors (Lipinski definition) is 3. The van der Waals surface area contributed by atoms with Crippen LogP contribution in [0, 0.1) is 23.4 Å². The largest absolute Gasteiger partial charge is 0.487 e. The van der Waals surface area contributed by atoms with Crippen LogP contribution in [0.4, 0.5) is 13.2 Å². The van der Waals surface area contributed by atoms with E-state index in [9.17, 15) is 13.2 Å². The molecule has 0 radical (unpaired) electrons. The molecule has 2 aromatic carbocycles. The van der Waals surface area contributed by atoms with Crippen molar-refractivity contribution in [2.75, 3.05) is 19.7 Å². The number of halogens is 3. The third-order valence-electron chi connectivity index (χ3n) is 3.91. The van der Waals surface area contributed by atoms with Gasteiger partial charge in [0.25, 0.3) is 0 Å². The molecule has 3 nitrogen and oxygen atoms in total. The lowest BCUT2D eigenvalue weighted by atomic mass is 10.0. The first-order valence-electron chi connectivity index (χ1n) is 7.88. The fourth-order valence-electron chi connectivity index (χ4n) is 2.64. The molecule has 0 aliphatic carbocycles. The summed E-state index contributed by atoms with van der Waals surface area (Å²) in [5.74, 6) is -2.07. The molecule has 1 saturated heterocycles. The first-order chi connectivity index (χ1) is 11.6. The summed E-state index contributed by atoms with van der Waals surface area (Å²) < 4.78 is 51.5. The highest BCUT2D eigenvalue weighted by molar-refractivity contribution is 5.44. The van der Waals surface area contributed by atoms with Crippen molar-refractivity contribution in [3.63, 3.8) is 0 Å². The van der Waals surface area contributed by atoms with Crippen molar-refractivity contribution in [2.24, 2.45) is 5.92 Å². The number of hydrogen-bond donors (Lipinski definition) is 1. The van der Waals surface area contributed by atoms with Gasteiger partial charge in [0.1, 0.15) is 5.75 Å². The standard InChI is InChI=1S/C18H18F3NO2/c19-14-7-6-13(9-16(14)21)24-17-5-1-4-15(20)18(17)23-11-12-3-2-8-22-10-12/h1,4-7,9,12,22H,2-3,8,10-11H2/t12-/m0/s1. The van der Waals surface area contributed by atoms with Crippen molar-refractivity contribution in [1.82, 2.24) is 5.32 Å². The van der Waals surface area contributed by atoms with Gasteiger partial charge in [0, 0.05) is 18.5 Å². The van der Waals surface area contributed by atoms with Gasteiger partial charge in [-0.1, -0.05) is 6.07 Å². The molecule has 1 N–H and O–H groups in total. The van der Waals surface area contributed by atoms with Crippen LogP contribution in [0.15, 0.2) is 36.4 Å². The van der Waals surface area contributed by atoms with E-state index in [0.717, 1.165) is 38.1 Å². The minimum atomic E-state index is -1.03. The van der Waals surface area contributed by atoms with Gasteiger partial charge in [-0.2, -0.15) is 0 Å². The summed E-state index contributed by atoms with van der Waals surface area (Å²) in [5.41, 5.74) is 0. The van der Waals surface area contributed by atoms with Crippen molar-refractivity contribution < 1.29 is 22.6 Å². The molecule has 1 aliphatic heterocycles. The van der Waals surface area contributed by atoms with E-state index in [2.05, 4.69) is 5.32 Å². The molecular formula is C18H18F3NO2. The number of para-hydroxylation sites is 1. The van der Waals surface area contributed by atoms with E-state index in [1.165, 1.54) is 24.3 Å². The fourth-order valence-corrected chi connectivity index (χ4v) is 2.64. The second-order valence-electron chi connectivity index (χ2n) is 5.77. The Hall–Kier alpha value is -2.21. The average Bonchev–Trinajstić information content (AvgIpc) is 2.59. The Morgan fingerprint density at radius 1 is 1.04 bits per heavy atom. The molecule has 1 aliphatic rings. The SMILES string of the molecule is Fc1ccc(Oc2cccc(F)c2OC[C@H]2CCCNC2)cc1F. The minimum Gasteiger partial charge on any atom is -0.487 e. The number of benzene rings is 2. The Balaban J connectivity index is 1.74. The van der Waals surface area contributed by atoms with E-state index in [0.29, 0.717) is 12.5 Å². The van der Waals surface area contributed by atoms with Gasteiger partial charge < -0.3 is 14.8 Å². The zero-order valence-corrected chi connectivity index (χ0v) is 13.0. The lowest BCUT2D eigenvalue weighted by Gasteiger charge is -2.23. The molecule has 0 bridgehead atoms. The zero-order valence-electron chi connectivity index (χ0n) is 13.0. The van der Waals surface area contributed by atoms with Crippen molar-refractivity contribution in [3.8, 4) is 17.2 Å². The van der Waals surface area contributed by atoms with E-state index in [1.807, 2.05) is 0 Å². The normalized spacial score (nSPS) is 17.5. The Bertz CT molecular complexity index is 703. The van der Waals surface area contributed by atoms with Gasteiger partial charge >= 0.3 is 0 Å². The van der Waals surface area contributed by atoms with E-state index < -0.39 is 17.5 Å². The number of rotatable bonds is 5. The Morgan fingerprint density at radius 3 is 2.67 bits per heavy atom. The van der Waals surface area contributed by atoms with Crippen LogP contribution in [-0.4, -0.2) is 19.7 Å². The summed E-state index contributed by atoms with van der Waals surface area (Å²) >= 11 is 0. The summed E-state index contributed by atoms with van der Waals surface area (Å²) in [6.45, 7) is 2.18. The average molecular weight is 337 g/mol. The quantitative estimate of drug-likeness (QED) is 0.884. The van der Waals surface area contributed by atoms with Crippen LogP contribution in [0.2, 0.25) is 0 Å². The summed E-state index contributed by atoms with van der Waals surface area (Å²) in [4.78, 5) is 0. The Labute approximate surface area is 138 Å². The second kappa shape index (κ2) is 7.57. The third kappa shape index (κ3) is 4.00. The van der Waals surface area contributed by atoms with E-state index in [1.54, 1.807) is 0 Å². The van der Waals surface area contributed by atoms with Gasteiger partial charge in [-0.3, -0.25) is 0 Å². The van der Waals surface area contributed by atoms with Gasteiger partial charge in [0.05, 0.1) is 6.61 Å². The van der Waals surface area contributed by atoms with E-state index in [-0.39, 0.29) is 17.2 Å². The van der Waals surface area contributed by atoms with Gasteiger partial charge in [0.2, 0.25) is 0 Å². The summed E-state index contributed by atoms with van der Waals surface area (Å²) in [5, 5.41) is 3.27. The molecule has 1 fully saturated rings. The fraction of sp³-hybridized carbons (Fsp3) is 0.333. The van der Waals surface area contributed by atoms with E-state index in [4.69, 9.17) is 9.47 Å². The molecule has 0 spiro atoms. The van der Waals surface area contributed by atoms with Crippen LogP contribution in [0.3, 0.4) is 0 Å². The van der Waals surface area contributed by atoms with Crippen molar-refractivity contribution in [2.45, 2.75) is 12.8 Å². The summed E-state index contributed by atoms with van der Waals surface area (Å²) in [7, 11) is 0. The summed E-state index contributed by atoms with van der Waals surface area (Å²) in [6.07, 6.45) is 2.07. The number of nitrogens with one attached hydrogen (secondary N) is 1. The molecule has 128 valence electrons. The molecule has 2 aromatic rings. The van der Waals surface area contributed by atoms with E-state index >= 15 is 0 Å². The maximum absolute atomic E-state index is 14.1. The zero-order chi connectivity index (χ0) is 16.9. The van der Waals surface area contributed by atoms with Crippen molar-refractivity contribution >= 4 is 0 Å². The lowest BCUT2D eigenvalue weighted by molar-refractivity contribution is 0.206. The third-order valence-corrected chi connectivity index (χ3v) is 3.91. The highest BCUT2D eigenvalue weighted by Gasteiger charge is 2.18. The smallest absolute Gasteiger partial charge is 0.197 e. The Kier molecular flexibility index (Phi) is 5.25. The molecule has 0 unspecified atom stereocenters. The van der Waals surface area contributed by atoms with Gasteiger partial charge in [-0.05, 0) is 43.7 Å². The predicted octanol–water partition coefficient (Wildman–Crippen LogP) is 4.27. The van der Waals surface area contributed by atoms with Crippen LogP contribution in [-0.2, 0) is 0 Å². The van der Waals surface area contributed by atoms with Crippen LogP contribution >= 0.6 is 0 Å². The topological polar surface area (TPSA) is 30.5 Å². The van der Waals surface area contributed by atoms with Crippen LogP contribution < -0.4 is 14.8 Å². The first kappa shape index (κ1) is 16.6. The van der Waals surface area contributed by atoms with Crippen molar-refractivity contribution in [3.05, 3.63) is 53.8 Å². The van der Waals surface area contributed by atoms with Gasteiger partial charge in [-0.25, -0.2) is 13.2 Å². The molecule has 1 heterocycles. The highest BCUT2D eigenvalue weighted by Crippen LogP contribution is 2.34. The van der Waals surface area contributed by atoms with Crippen LogP contribution in [0.1, 0.15) is 12.8 Å². The Morgan fingerprint density at radius 2 is 1.92 bits per heavy atom. The predicted molar refractivity (Wildman–Crippen MR) is 83.9 cm³/mol. The molecule has 0 aromatic heterocycles. The maximum Gasteiger partial charge on any atom is 0.197 e. The van der Waals surface area contributed by atoms with Crippen molar-refractivity contribution in [1.29, 1.82) is 0 Å². The maximum atomic E-state index is 14.1. The summed E-state index contributed by atoms with van der Waals surface area (Å²) in [6, 6.07) is 7.41. The van der Waals surface area contributed by atoms with Gasteiger partial charge in [0.15, 0.2) is 29.0 Å². The number of ether oxygens (including phenoxy) is 2. The molecule has 0 saturated carbocycles. The minimum absolute atomic E-state index is 0.0205. The highest BCUT2D eigenvalue weighted by atomic mass is 19.2. The monoisotopic (exact) mass is 337 g/mol. The van der Waals surface area contributed by atoms with Crippen LogP contribution in [0.5, 0.6) is 17.2 Å². The number of piperidine rings is 1. The lowest BCUT2D eigenvalue weighted by Crippen LogP contribution is -2.33. The molecular weight excluding hydrogens is 319 g/mol. The first-order valence-corrected chi connectivity index (χ1v) is 7.88. The van der Waals surface area contributed by atoms with Crippen LogP contribution in [0.25, 0.3) is 0 Å².